The lowest BCUT2D eigenvalue weighted by molar-refractivity contribution is 0.0735. The predicted octanol–water partition coefficient (Wildman–Crippen LogP) is 3.52. The van der Waals surface area contributed by atoms with Crippen molar-refractivity contribution in [1.82, 2.24) is 9.21 Å². The first-order valence-corrected chi connectivity index (χ1v) is 12.4. The first-order chi connectivity index (χ1) is 14.0. The molecule has 1 amide bonds. The molecular weight excluding hydrogens is 408 g/mol. The molecule has 156 valence electrons. The summed E-state index contributed by atoms with van der Waals surface area (Å²) in [5.41, 5.74) is 1.57. The van der Waals surface area contributed by atoms with Crippen molar-refractivity contribution < 1.29 is 17.9 Å². The van der Waals surface area contributed by atoms with Crippen LogP contribution in [0.25, 0.3) is 0 Å². The Balaban J connectivity index is 1.64. The molecular formula is C21H26N2O4S2. The van der Waals surface area contributed by atoms with E-state index < -0.39 is 10.0 Å². The van der Waals surface area contributed by atoms with Crippen molar-refractivity contribution in [2.45, 2.75) is 43.5 Å². The molecule has 3 heterocycles. The number of sulfonamides is 1. The molecule has 4 rings (SSSR count). The molecule has 2 aromatic rings. The van der Waals surface area contributed by atoms with E-state index in [2.05, 4.69) is 11.4 Å². The molecule has 0 aliphatic carbocycles. The highest BCUT2D eigenvalue weighted by molar-refractivity contribution is 7.89. The van der Waals surface area contributed by atoms with Crippen LogP contribution in [0.15, 0.2) is 34.5 Å². The summed E-state index contributed by atoms with van der Waals surface area (Å²) in [6.45, 7) is 2.23. The van der Waals surface area contributed by atoms with Crippen LogP contribution in [0, 0.1) is 0 Å². The molecule has 6 nitrogen and oxygen atoms in total. The van der Waals surface area contributed by atoms with Crippen molar-refractivity contribution in [2.24, 2.45) is 0 Å². The standard InChI is InChI=1S/C21H26N2O4S2/c1-27-18-7-6-16(21(24)22-12-8-19-17(15-22)9-13-28-19)14-20(18)29(25,26)23-10-4-2-3-5-11-23/h6-7,9,13-14H,2-5,8,10-12,15H2,1H3. The normalized spacial score (nSPS) is 18.2. The molecule has 1 saturated heterocycles. The fourth-order valence-electron chi connectivity index (χ4n) is 4.04. The maximum Gasteiger partial charge on any atom is 0.254 e. The quantitative estimate of drug-likeness (QED) is 0.738. The maximum atomic E-state index is 13.3. The Kier molecular flexibility index (Phi) is 5.94. The number of benzene rings is 1. The topological polar surface area (TPSA) is 66.9 Å². The van der Waals surface area contributed by atoms with Gasteiger partial charge in [-0.05, 0) is 54.5 Å². The van der Waals surface area contributed by atoms with E-state index in [1.807, 2.05) is 0 Å². The molecule has 2 aliphatic rings. The van der Waals surface area contributed by atoms with Crippen LogP contribution >= 0.6 is 11.3 Å². The highest BCUT2D eigenvalue weighted by atomic mass is 32.2. The van der Waals surface area contributed by atoms with Gasteiger partial charge in [-0.1, -0.05) is 12.8 Å². The Labute approximate surface area is 176 Å². The van der Waals surface area contributed by atoms with Crippen LogP contribution in [0.1, 0.15) is 46.5 Å². The third-order valence-electron chi connectivity index (χ3n) is 5.69. The molecule has 0 N–H and O–H groups in total. The lowest BCUT2D eigenvalue weighted by Gasteiger charge is -2.27. The Morgan fingerprint density at radius 3 is 2.55 bits per heavy atom. The summed E-state index contributed by atoms with van der Waals surface area (Å²) >= 11 is 1.72. The van der Waals surface area contributed by atoms with Crippen molar-refractivity contribution in [2.75, 3.05) is 26.7 Å². The van der Waals surface area contributed by atoms with Gasteiger partial charge in [-0.25, -0.2) is 8.42 Å². The fourth-order valence-corrected chi connectivity index (χ4v) is 6.63. The summed E-state index contributed by atoms with van der Waals surface area (Å²) in [6, 6.07) is 6.80. The van der Waals surface area contributed by atoms with Gasteiger partial charge in [0.15, 0.2) is 0 Å². The summed E-state index contributed by atoms with van der Waals surface area (Å²) in [5, 5.41) is 2.05. The summed E-state index contributed by atoms with van der Waals surface area (Å²) in [6.07, 6.45) is 4.64. The molecule has 0 unspecified atom stereocenters. The van der Waals surface area contributed by atoms with Gasteiger partial charge >= 0.3 is 0 Å². The van der Waals surface area contributed by atoms with Gasteiger partial charge in [0.05, 0.1) is 7.11 Å². The highest BCUT2D eigenvalue weighted by Gasteiger charge is 2.30. The van der Waals surface area contributed by atoms with Gasteiger partial charge in [-0.2, -0.15) is 4.31 Å². The average Bonchev–Trinajstić information content (AvgIpc) is 3.03. The first-order valence-electron chi connectivity index (χ1n) is 10.0. The van der Waals surface area contributed by atoms with E-state index in [1.165, 1.54) is 27.9 Å². The minimum atomic E-state index is -3.72. The Bertz CT molecular complexity index is 992. The molecule has 2 aliphatic heterocycles. The lowest BCUT2D eigenvalue weighted by atomic mass is 10.1. The van der Waals surface area contributed by atoms with Crippen molar-refractivity contribution >= 4 is 27.3 Å². The molecule has 1 aromatic heterocycles. The van der Waals surface area contributed by atoms with E-state index in [0.29, 0.717) is 31.7 Å². The van der Waals surface area contributed by atoms with Gasteiger partial charge in [0.25, 0.3) is 5.91 Å². The number of fused-ring (bicyclic) bond motifs is 1. The number of nitrogens with zero attached hydrogens (tertiary/aromatic N) is 2. The second-order valence-corrected chi connectivity index (χ2v) is 10.4. The number of thiophene rings is 1. The highest BCUT2D eigenvalue weighted by Crippen LogP contribution is 2.31. The summed E-state index contributed by atoms with van der Waals surface area (Å²) in [4.78, 5) is 16.3. The van der Waals surface area contributed by atoms with Gasteiger partial charge in [0.1, 0.15) is 10.6 Å². The number of amides is 1. The number of ether oxygens (including phenoxy) is 1. The molecule has 0 atom stereocenters. The summed E-state index contributed by atoms with van der Waals surface area (Å²) < 4.78 is 33.5. The zero-order valence-corrected chi connectivity index (χ0v) is 18.2. The van der Waals surface area contributed by atoms with Crippen molar-refractivity contribution in [3.8, 4) is 5.75 Å². The monoisotopic (exact) mass is 434 g/mol. The largest absolute Gasteiger partial charge is 0.495 e. The zero-order chi connectivity index (χ0) is 20.4. The van der Waals surface area contributed by atoms with Crippen LogP contribution in [0.2, 0.25) is 0 Å². The number of carbonyl (C=O) groups is 1. The number of methoxy groups -OCH3 is 1. The van der Waals surface area contributed by atoms with Crippen LogP contribution in [-0.2, 0) is 23.0 Å². The molecule has 0 saturated carbocycles. The lowest BCUT2D eigenvalue weighted by Crippen LogP contribution is -2.36. The van der Waals surface area contributed by atoms with E-state index in [0.717, 1.165) is 32.1 Å². The predicted molar refractivity (Wildman–Crippen MR) is 113 cm³/mol. The van der Waals surface area contributed by atoms with Gasteiger partial charge in [0.2, 0.25) is 10.0 Å². The Morgan fingerprint density at radius 1 is 1.07 bits per heavy atom. The van der Waals surface area contributed by atoms with Gasteiger partial charge in [0, 0.05) is 36.6 Å². The molecule has 1 aromatic carbocycles. The number of hydrogen-bond donors (Lipinski definition) is 0. The third kappa shape index (κ3) is 4.06. The van der Waals surface area contributed by atoms with Crippen LogP contribution < -0.4 is 4.74 Å². The molecule has 0 spiro atoms. The second kappa shape index (κ2) is 8.45. The van der Waals surface area contributed by atoms with Gasteiger partial charge in [-0.3, -0.25) is 4.79 Å². The number of hydrogen-bond acceptors (Lipinski definition) is 5. The molecule has 8 heteroatoms. The zero-order valence-electron chi connectivity index (χ0n) is 16.6. The third-order valence-corrected chi connectivity index (χ3v) is 8.63. The SMILES string of the molecule is COc1ccc(C(=O)N2CCc3sccc3C2)cc1S(=O)(=O)N1CCCCCC1. The molecule has 29 heavy (non-hydrogen) atoms. The van der Waals surface area contributed by atoms with E-state index in [4.69, 9.17) is 4.74 Å². The molecule has 1 fully saturated rings. The smallest absolute Gasteiger partial charge is 0.254 e. The molecule has 0 bridgehead atoms. The van der Waals surface area contributed by atoms with Gasteiger partial charge < -0.3 is 9.64 Å². The van der Waals surface area contributed by atoms with Crippen LogP contribution in [-0.4, -0.2) is 50.3 Å². The van der Waals surface area contributed by atoms with E-state index >= 15 is 0 Å². The Hall–Kier alpha value is -1.90. The van der Waals surface area contributed by atoms with Crippen molar-refractivity contribution in [3.05, 3.63) is 45.6 Å². The number of carbonyl (C=O) groups excluding carboxylic acids is 1. The summed E-state index contributed by atoms with van der Waals surface area (Å²) in [5.74, 6) is 0.140. The second-order valence-electron chi connectivity index (χ2n) is 7.53. The van der Waals surface area contributed by atoms with Crippen LogP contribution in [0.4, 0.5) is 0 Å². The fraction of sp³-hybridized carbons (Fsp3) is 0.476. The van der Waals surface area contributed by atoms with E-state index in [1.54, 1.807) is 28.4 Å². The number of rotatable bonds is 4. The minimum absolute atomic E-state index is 0.0842. The average molecular weight is 435 g/mol. The van der Waals surface area contributed by atoms with Crippen LogP contribution in [0.3, 0.4) is 0 Å². The first kappa shape index (κ1) is 20.4. The van der Waals surface area contributed by atoms with Crippen LogP contribution in [0.5, 0.6) is 5.75 Å². The van der Waals surface area contributed by atoms with E-state index in [9.17, 15) is 13.2 Å². The Morgan fingerprint density at radius 2 is 1.83 bits per heavy atom. The van der Waals surface area contributed by atoms with Crippen molar-refractivity contribution in [3.63, 3.8) is 0 Å². The minimum Gasteiger partial charge on any atom is -0.495 e. The summed E-state index contributed by atoms with van der Waals surface area (Å²) in [7, 11) is -2.26. The maximum absolute atomic E-state index is 13.3. The van der Waals surface area contributed by atoms with E-state index in [-0.39, 0.29) is 16.6 Å². The molecule has 0 radical (unpaired) electrons. The van der Waals surface area contributed by atoms with Crippen molar-refractivity contribution in [1.29, 1.82) is 0 Å². The van der Waals surface area contributed by atoms with Gasteiger partial charge in [-0.15, -0.1) is 11.3 Å².